The molecule has 0 spiro atoms. The SMILES string of the molecule is CC1(C)Nc2cc(F)c(-c3ncnc4sccc34)cc2C2(C)CCCC12O. The number of hydrogen-bond acceptors (Lipinski definition) is 5. The summed E-state index contributed by atoms with van der Waals surface area (Å²) in [6.07, 6.45) is 4.05. The van der Waals surface area contributed by atoms with Crippen molar-refractivity contribution in [1.82, 2.24) is 9.97 Å². The zero-order valence-corrected chi connectivity index (χ0v) is 16.5. The first-order chi connectivity index (χ1) is 12.8. The highest BCUT2D eigenvalue weighted by atomic mass is 32.1. The highest BCUT2D eigenvalue weighted by Gasteiger charge is 2.62. The molecule has 2 N–H and O–H groups in total. The summed E-state index contributed by atoms with van der Waals surface area (Å²) in [6, 6.07) is 5.39. The molecule has 2 aliphatic rings. The van der Waals surface area contributed by atoms with E-state index in [9.17, 15) is 5.11 Å². The Balaban J connectivity index is 1.78. The third-order valence-corrected chi connectivity index (χ3v) is 7.65. The van der Waals surface area contributed by atoms with E-state index in [2.05, 4.69) is 22.2 Å². The lowest BCUT2D eigenvalue weighted by Gasteiger charge is -2.55. The van der Waals surface area contributed by atoms with Crippen LogP contribution < -0.4 is 5.32 Å². The first-order valence-corrected chi connectivity index (χ1v) is 10.2. The molecule has 4 nitrogen and oxygen atoms in total. The van der Waals surface area contributed by atoms with Crippen molar-refractivity contribution in [1.29, 1.82) is 0 Å². The molecule has 1 aliphatic carbocycles. The van der Waals surface area contributed by atoms with Gasteiger partial charge in [0.25, 0.3) is 0 Å². The van der Waals surface area contributed by atoms with Gasteiger partial charge in [0.05, 0.1) is 16.8 Å². The molecule has 0 bridgehead atoms. The predicted octanol–water partition coefficient (Wildman–Crippen LogP) is 4.87. The zero-order chi connectivity index (χ0) is 19.0. The molecule has 140 valence electrons. The highest BCUT2D eigenvalue weighted by Crippen LogP contribution is 2.59. The van der Waals surface area contributed by atoms with Crippen LogP contribution in [0, 0.1) is 5.82 Å². The van der Waals surface area contributed by atoms with Gasteiger partial charge in [-0.1, -0.05) is 6.92 Å². The monoisotopic (exact) mass is 383 g/mol. The van der Waals surface area contributed by atoms with Gasteiger partial charge in [0.2, 0.25) is 0 Å². The van der Waals surface area contributed by atoms with Gasteiger partial charge in [-0.25, -0.2) is 14.4 Å². The maximum Gasteiger partial charge on any atom is 0.134 e. The van der Waals surface area contributed by atoms with E-state index >= 15 is 4.39 Å². The third-order valence-electron chi connectivity index (χ3n) is 6.83. The van der Waals surface area contributed by atoms with Gasteiger partial charge in [-0.3, -0.25) is 0 Å². The van der Waals surface area contributed by atoms with Gasteiger partial charge >= 0.3 is 0 Å². The molecule has 27 heavy (non-hydrogen) atoms. The molecule has 2 aromatic heterocycles. The van der Waals surface area contributed by atoms with E-state index in [4.69, 9.17) is 0 Å². The van der Waals surface area contributed by atoms with E-state index in [-0.39, 0.29) is 5.82 Å². The van der Waals surface area contributed by atoms with Crippen molar-refractivity contribution in [3.63, 3.8) is 0 Å². The Bertz CT molecular complexity index is 1080. The fourth-order valence-electron chi connectivity index (χ4n) is 5.30. The van der Waals surface area contributed by atoms with Crippen LogP contribution in [-0.2, 0) is 5.41 Å². The van der Waals surface area contributed by atoms with Crippen LogP contribution in [-0.4, -0.2) is 26.2 Å². The Labute approximate surface area is 161 Å². The molecule has 1 aromatic carbocycles. The molecule has 2 unspecified atom stereocenters. The van der Waals surface area contributed by atoms with E-state index in [0.29, 0.717) is 11.3 Å². The van der Waals surface area contributed by atoms with Crippen LogP contribution in [0.5, 0.6) is 0 Å². The minimum Gasteiger partial charge on any atom is -0.387 e. The van der Waals surface area contributed by atoms with Gasteiger partial charge in [-0.2, -0.15) is 0 Å². The van der Waals surface area contributed by atoms with E-state index in [1.807, 2.05) is 31.4 Å². The van der Waals surface area contributed by atoms with E-state index in [1.165, 1.54) is 17.7 Å². The van der Waals surface area contributed by atoms with Crippen molar-refractivity contribution in [3.8, 4) is 11.3 Å². The van der Waals surface area contributed by atoms with Gasteiger partial charge in [-0.05, 0) is 62.3 Å². The van der Waals surface area contributed by atoms with Crippen molar-refractivity contribution >= 4 is 27.2 Å². The average molecular weight is 383 g/mol. The summed E-state index contributed by atoms with van der Waals surface area (Å²) in [5, 5.41) is 17.8. The van der Waals surface area contributed by atoms with Crippen LogP contribution in [0.25, 0.3) is 21.5 Å². The molecule has 1 saturated carbocycles. The minimum atomic E-state index is -0.883. The number of halogens is 1. The highest BCUT2D eigenvalue weighted by molar-refractivity contribution is 7.16. The van der Waals surface area contributed by atoms with Gasteiger partial charge in [-0.15, -0.1) is 11.3 Å². The molecule has 5 rings (SSSR count). The number of thiophene rings is 1. The van der Waals surface area contributed by atoms with Gasteiger partial charge < -0.3 is 10.4 Å². The second-order valence-corrected chi connectivity index (χ2v) is 9.43. The van der Waals surface area contributed by atoms with Crippen LogP contribution in [0.1, 0.15) is 45.6 Å². The van der Waals surface area contributed by atoms with E-state index in [0.717, 1.165) is 40.7 Å². The summed E-state index contributed by atoms with van der Waals surface area (Å²) in [5.74, 6) is -0.310. The summed E-state index contributed by atoms with van der Waals surface area (Å²) in [6.45, 7) is 6.12. The molecule has 0 amide bonds. The number of aliphatic hydroxyl groups is 1. The molecular weight excluding hydrogens is 361 g/mol. The second-order valence-electron chi connectivity index (χ2n) is 8.54. The lowest BCUT2D eigenvalue weighted by molar-refractivity contribution is -0.0628. The standard InChI is InChI=1S/C21H22FN3OS/c1-19(2)21(26)7-4-6-20(21,3)14-9-13(15(22)10-16(14)25-19)17-12-5-8-27-18(12)24-11-23-17/h5,8-11,25-26H,4,6-7H2,1-3H3. The molecule has 2 atom stereocenters. The average Bonchev–Trinajstić information content (AvgIpc) is 3.20. The Hall–Kier alpha value is -2.05. The van der Waals surface area contributed by atoms with Crippen molar-refractivity contribution in [2.24, 2.45) is 0 Å². The fraction of sp³-hybridized carbons (Fsp3) is 0.429. The Morgan fingerprint density at radius 2 is 2.00 bits per heavy atom. The predicted molar refractivity (Wildman–Crippen MR) is 107 cm³/mol. The first kappa shape index (κ1) is 17.1. The molecule has 3 aromatic rings. The molecule has 1 aliphatic heterocycles. The molecule has 3 heterocycles. The van der Waals surface area contributed by atoms with Crippen LogP contribution in [0.4, 0.5) is 10.1 Å². The normalized spacial score (nSPS) is 28.6. The summed E-state index contributed by atoms with van der Waals surface area (Å²) >= 11 is 1.52. The number of aromatic nitrogens is 2. The Morgan fingerprint density at radius 1 is 1.19 bits per heavy atom. The van der Waals surface area contributed by atoms with Crippen molar-refractivity contribution in [2.45, 2.75) is 56.6 Å². The van der Waals surface area contributed by atoms with Crippen molar-refractivity contribution in [3.05, 3.63) is 41.3 Å². The topological polar surface area (TPSA) is 58.0 Å². The van der Waals surface area contributed by atoms with Crippen LogP contribution in [0.3, 0.4) is 0 Å². The molecule has 0 radical (unpaired) electrons. The molecule has 1 fully saturated rings. The number of nitrogens with zero attached hydrogens (tertiary/aromatic N) is 2. The number of hydrogen-bond donors (Lipinski definition) is 2. The number of rotatable bonds is 1. The molecule has 6 heteroatoms. The summed E-state index contributed by atoms with van der Waals surface area (Å²) in [4.78, 5) is 9.51. The minimum absolute atomic E-state index is 0.310. The number of nitrogens with one attached hydrogen (secondary N) is 1. The van der Waals surface area contributed by atoms with Crippen LogP contribution >= 0.6 is 11.3 Å². The number of anilines is 1. The summed E-state index contributed by atoms with van der Waals surface area (Å²) in [5.41, 5.74) is 0.972. The smallest absolute Gasteiger partial charge is 0.134 e. The second kappa shape index (κ2) is 5.26. The maximum absolute atomic E-state index is 15.2. The summed E-state index contributed by atoms with van der Waals surface area (Å²) in [7, 11) is 0. The van der Waals surface area contributed by atoms with Crippen molar-refractivity contribution < 1.29 is 9.50 Å². The first-order valence-electron chi connectivity index (χ1n) is 9.30. The third kappa shape index (κ3) is 2.05. The number of benzene rings is 1. The largest absolute Gasteiger partial charge is 0.387 e. The zero-order valence-electron chi connectivity index (χ0n) is 15.6. The van der Waals surface area contributed by atoms with Gasteiger partial charge in [0.1, 0.15) is 17.0 Å². The Kier molecular flexibility index (Phi) is 3.33. The van der Waals surface area contributed by atoms with Crippen LogP contribution in [0.2, 0.25) is 0 Å². The quantitative estimate of drug-likeness (QED) is 0.629. The van der Waals surface area contributed by atoms with Gasteiger partial charge in [0, 0.05) is 22.1 Å². The lowest BCUT2D eigenvalue weighted by Crippen LogP contribution is -2.65. The van der Waals surface area contributed by atoms with Crippen LogP contribution in [0.15, 0.2) is 29.9 Å². The lowest BCUT2D eigenvalue weighted by atomic mass is 9.60. The number of fused-ring (bicyclic) bond motifs is 4. The maximum atomic E-state index is 15.2. The molecular formula is C21H22FN3OS. The Morgan fingerprint density at radius 3 is 2.81 bits per heavy atom. The van der Waals surface area contributed by atoms with Gasteiger partial charge in [0.15, 0.2) is 0 Å². The van der Waals surface area contributed by atoms with E-state index in [1.54, 1.807) is 6.07 Å². The summed E-state index contributed by atoms with van der Waals surface area (Å²) < 4.78 is 15.2. The fourth-order valence-corrected chi connectivity index (χ4v) is 6.03. The van der Waals surface area contributed by atoms with Crippen molar-refractivity contribution in [2.75, 3.05) is 5.32 Å². The molecule has 0 saturated heterocycles. The van der Waals surface area contributed by atoms with E-state index < -0.39 is 16.6 Å².